The molecule has 1 fully saturated rings. The van der Waals surface area contributed by atoms with E-state index in [4.69, 9.17) is 0 Å². The molecule has 0 aromatic heterocycles. The zero-order chi connectivity index (χ0) is 18.7. The molecular weight excluding hydrogens is 328 g/mol. The van der Waals surface area contributed by atoms with Crippen LogP contribution in [0.25, 0.3) is 11.1 Å². The van der Waals surface area contributed by atoms with Crippen LogP contribution in [0.5, 0.6) is 0 Å². The number of carbonyl (C=O) groups excluding carboxylic acids is 1. The number of benzene rings is 2. The van der Waals surface area contributed by atoms with Gasteiger partial charge in [-0.15, -0.1) is 0 Å². The molecule has 26 heavy (non-hydrogen) atoms. The zero-order valence-corrected chi connectivity index (χ0v) is 15.1. The molecule has 2 atom stereocenters. The SMILES string of the molecule is C[C@H]1CC[C@@H](CNC(=O)c2ccccc2-c2ccccc2C(=O)O)N1C. The number of likely N-dealkylation sites (tertiary alicyclic amines) is 1. The van der Waals surface area contributed by atoms with Crippen molar-refractivity contribution in [1.29, 1.82) is 0 Å². The van der Waals surface area contributed by atoms with Crippen molar-refractivity contribution in [3.05, 3.63) is 59.7 Å². The standard InChI is InChI=1S/C21H24N2O3/c1-14-11-12-15(23(14)2)13-22-20(24)18-9-5-3-7-16(18)17-8-4-6-10-19(17)21(25)26/h3-10,14-15H,11-13H2,1-2H3,(H,22,24)(H,25,26)/t14-,15-/m0/s1. The van der Waals surface area contributed by atoms with E-state index < -0.39 is 5.97 Å². The molecule has 0 bridgehead atoms. The van der Waals surface area contributed by atoms with E-state index in [2.05, 4.69) is 24.2 Å². The van der Waals surface area contributed by atoms with Gasteiger partial charge in [0, 0.05) is 24.2 Å². The Morgan fingerprint density at radius 2 is 1.62 bits per heavy atom. The smallest absolute Gasteiger partial charge is 0.336 e. The van der Waals surface area contributed by atoms with Crippen LogP contribution >= 0.6 is 0 Å². The molecule has 5 heteroatoms. The van der Waals surface area contributed by atoms with Crippen LogP contribution in [0, 0.1) is 0 Å². The fraction of sp³-hybridized carbons (Fsp3) is 0.333. The summed E-state index contributed by atoms with van der Waals surface area (Å²) >= 11 is 0. The van der Waals surface area contributed by atoms with Crippen molar-refractivity contribution < 1.29 is 14.7 Å². The minimum atomic E-state index is -1.00. The molecule has 136 valence electrons. The second kappa shape index (κ2) is 7.70. The minimum Gasteiger partial charge on any atom is -0.478 e. The van der Waals surface area contributed by atoms with Crippen LogP contribution < -0.4 is 5.32 Å². The molecule has 2 N–H and O–H groups in total. The van der Waals surface area contributed by atoms with E-state index in [1.165, 1.54) is 0 Å². The van der Waals surface area contributed by atoms with Crippen LogP contribution in [0.15, 0.2) is 48.5 Å². The van der Waals surface area contributed by atoms with Gasteiger partial charge in [-0.25, -0.2) is 4.79 Å². The van der Waals surface area contributed by atoms with Gasteiger partial charge in [-0.2, -0.15) is 0 Å². The second-order valence-electron chi connectivity index (χ2n) is 6.85. The highest BCUT2D eigenvalue weighted by Gasteiger charge is 2.27. The Balaban J connectivity index is 1.84. The van der Waals surface area contributed by atoms with Crippen molar-refractivity contribution >= 4 is 11.9 Å². The van der Waals surface area contributed by atoms with Crippen LogP contribution in [0.4, 0.5) is 0 Å². The van der Waals surface area contributed by atoms with Crippen molar-refractivity contribution in [1.82, 2.24) is 10.2 Å². The summed E-state index contributed by atoms with van der Waals surface area (Å²) in [5.41, 5.74) is 1.88. The molecular formula is C21H24N2O3. The molecule has 1 aliphatic heterocycles. The Bertz CT molecular complexity index is 818. The molecule has 2 aromatic rings. The third kappa shape index (κ3) is 3.63. The summed E-state index contributed by atoms with van der Waals surface area (Å²) < 4.78 is 0. The Morgan fingerprint density at radius 1 is 1.04 bits per heavy atom. The van der Waals surface area contributed by atoms with Gasteiger partial charge >= 0.3 is 5.97 Å². The maximum Gasteiger partial charge on any atom is 0.336 e. The molecule has 1 saturated heterocycles. The molecule has 1 amide bonds. The van der Waals surface area contributed by atoms with Gasteiger partial charge in [0.2, 0.25) is 0 Å². The van der Waals surface area contributed by atoms with E-state index in [1.807, 2.05) is 6.07 Å². The van der Waals surface area contributed by atoms with Crippen LogP contribution in [-0.2, 0) is 0 Å². The number of carboxylic acid groups (broad SMARTS) is 1. The number of rotatable bonds is 5. The number of nitrogens with zero attached hydrogens (tertiary/aromatic N) is 1. The lowest BCUT2D eigenvalue weighted by molar-refractivity contribution is 0.0697. The highest BCUT2D eigenvalue weighted by atomic mass is 16.4. The number of carboxylic acids is 1. The average molecular weight is 352 g/mol. The summed E-state index contributed by atoms with van der Waals surface area (Å²) in [6, 6.07) is 14.8. The van der Waals surface area contributed by atoms with Gasteiger partial charge in [0.1, 0.15) is 0 Å². The molecule has 0 aliphatic carbocycles. The number of nitrogens with one attached hydrogen (secondary N) is 1. The minimum absolute atomic E-state index is 0.172. The van der Waals surface area contributed by atoms with Crippen molar-refractivity contribution in [2.75, 3.05) is 13.6 Å². The molecule has 1 aliphatic rings. The number of carbonyl (C=O) groups is 2. The molecule has 2 aromatic carbocycles. The predicted molar refractivity (Wildman–Crippen MR) is 101 cm³/mol. The van der Waals surface area contributed by atoms with Gasteiger partial charge < -0.3 is 10.4 Å². The highest BCUT2D eigenvalue weighted by molar-refractivity contribution is 6.04. The zero-order valence-electron chi connectivity index (χ0n) is 15.1. The van der Waals surface area contributed by atoms with E-state index >= 15 is 0 Å². The van der Waals surface area contributed by atoms with Gasteiger partial charge in [0.15, 0.2) is 0 Å². The quantitative estimate of drug-likeness (QED) is 0.866. The number of aromatic carboxylic acids is 1. The molecule has 0 spiro atoms. The normalized spacial score (nSPS) is 20.1. The first kappa shape index (κ1) is 18.1. The number of likely N-dealkylation sites (N-methyl/N-ethyl adjacent to an activating group) is 1. The van der Waals surface area contributed by atoms with E-state index in [0.29, 0.717) is 35.3 Å². The molecule has 3 rings (SSSR count). The average Bonchev–Trinajstić information content (AvgIpc) is 2.98. The maximum absolute atomic E-state index is 12.8. The topological polar surface area (TPSA) is 69.6 Å². The molecule has 0 saturated carbocycles. The number of hydrogen-bond donors (Lipinski definition) is 2. The number of hydrogen-bond acceptors (Lipinski definition) is 3. The van der Waals surface area contributed by atoms with Crippen molar-refractivity contribution in [3.8, 4) is 11.1 Å². The first-order valence-corrected chi connectivity index (χ1v) is 8.91. The summed E-state index contributed by atoms with van der Waals surface area (Å²) in [6.07, 6.45) is 2.21. The lowest BCUT2D eigenvalue weighted by Crippen LogP contribution is -2.40. The third-order valence-electron chi connectivity index (χ3n) is 5.31. The van der Waals surface area contributed by atoms with Crippen LogP contribution in [0.2, 0.25) is 0 Å². The Labute approximate surface area is 153 Å². The van der Waals surface area contributed by atoms with Crippen molar-refractivity contribution in [2.24, 2.45) is 0 Å². The van der Waals surface area contributed by atoms with E-state index in [0.717, 1.165) is 12.8 Å². The fourth-order valence-corrected chi connectivity index (χ4v) is 3.57. The van der Waals surface area contributed by atoms with E-state index in [1.54, 1.807) is 42.5 Å². The van der Waals surface area contributed by atoms with Gasteiger partial charge in [0.05, 0.1) is 5.56 Å². The van der Waals surface area contributed by atoms with Gasteiger partial charge in [-0.3, -0.25) is 9.69 Å². The van der Waals surface area contributed by atoms with Crippen molar-refractivity contribution in [2.45, 2.75) is 31.8 Å². The maximum atomic E-state index is 12.8. The largest absolute Gasteiger partial charge is 0.478 e. The molecule has 5 nitrogen and oxygen atoms in total. The lowest BCUT2D eigenvalue weighted by atomic mass is 9.95. The third-order valence-corrected chi connectivity index (χ3v) is 5.31. The second-order valence-corrected chi connectivity index (χ2v) is 6.85. The van der Waals surface area contributed by atoms with Gasteiger partial charge in [0.25, 0.3) is 5.91 Å². The molecule has 0 unspecified atom stereocenters. The Morgan fingerprint density at radius 3 is 2.19 bits per heavy atom. The van der Waals surface area contributed by atoms with E-state index in [9.17, 15) is 14.7 Å². The monoisotopic (exact) mass is 352 g/mol. The summed E-state index contributed by atoms with van der Waals surface area (Å²) in [6.45, 7) is 2.79. The van der Waals surface area contributed by atoms with Crippen molar-refractivity contribution in [3.63, 3.8) is 0 Å². The highest BCUT2D eigenvalue weighted by Crippen LogP contribution is 2.27. The number of amides is 1. The van der Waals surface area contributed by atoms with Gasteiger partial charge in [-0.05, 0) is 50.1 Å². The predicted octanol–water partition coefficient (Wildman–Crippen LogP) is 3.26. The van der Waals surface area contributed by atoms with Crippen LogP contribution in [0.1, 0.15) is 40.5 Å². The lowest BCUT2D eigenvalue weighted by Gasteiger charge is -2.23. The summed E-state index contributed by atoms with van der Waals surface area (Å²) in [7, 11) is 2.09. The summed E-state index contributed by atoms with van der Waals surface area (Å²) in [5.74, 6) is -1.17. The van der Waals surface area contributed by atoms with Gasteiger partial charge in [-0.1, -0.05) is 36.4 Å². The fourth-order valence-electron chi connectivity index (χ4n) is 3.57. The first-order valence-electron chi connectivity index (χ1n) is 8.91. The Kier molecular flexibility index (Phi) is 5.38. The van der Waals surface area contributed by atoms with E-state index in [-0.39, 0.29) is 11.5 Å². The molecule has 1 heterocycles. The summed E-state index contributed by atoms with van der Waals surface area (Å²) in [5, 5.41) is 12.5. The Hall–Kier alpha value is -2.66. The summed E-state index contributed by atoms with van der Waals surface area (Å²) in [4.78, 5) is 26.6. The first-order chi connectivity index (χ1) is 12.5. The van der Waals surface area contributed by atoms with Crippen LogP contribution in [-0.4, -0.2) is 47.6 Å². The molecule has 0 radical (unpaired) electrons. The van der Waals surface area contributed by atoms with Crippen LogP contribution in [0.3, 0.4) is 0 Å².